The lowest BCUT2D eigenvalue weighted by molar-refractivity contribution is -0.384. The predicted molar refractivity (Wildman–Crippen MR) is 135 cm³/mol. The first-order valence-corrected chi connectivity index (χ1v) is 11.9. The smallest absolute Gasteiger partial charge is 0.293 e. The average Bonchev–Trinajstić information content (AvgIpc) is 3.45. The Morgan fingerprint density at radius 2 is 1.74 bits per heavy atom. The number of aryl methyl sites for hydroxylation is 3. The molecular weight excluding hydrogens is 466 g/mol. The molecule has 0 atom stereocenters. The normalized spacial score (nSPS) is 11.2. The van der Waals surface area contributed by atoms with Gasteiger partial charge in [-0.2, -0.15) is 0 Å². The number of nitrogens with zero attached hydrogens (tertiary/aromatic N) is 4. The van der Waals surface area contributed by atoms with Crippen LogP contribution in [0, 0.1) is 17.0 Å². The molecule has 0 aliphatic carbocycles. The number of hydrogen-bond donors (Lipinski definition) is 1. The molecule has 0 saturated heterocycles. The lowest BCUT2D eigenvalue weighted by atomic mass is 10.2. The SMILES string of the molecule is Cc1ccc(NC(=O)CSc2nnc(CCn3c4ccccc4c4ccccc43)o2)c([N+](=O)[O-])c1. The number of thioether (sulfide) groups is 1. The molecule has 0 aliphatic rings. The number of rotatable bonds is 8. The second kappa shape index (κ2) is 9.59. The Kier molecular flexibility index (Phi) is 6.19. The Bertz CT molecular complexity index is 1510. The zero-order valence-electron chi connectivity index (χ0n) is 18.8. The van der Waals surface area contributed by atoms with Crippen LogP contribution < -0.4 is 5.32 Å². The first kappa shape index (κ1) is 22.6. The number of amides is 1. The number of nitro groups is 1. The minimum Gasteiger partial charge on any atom is -0.416 e. The number of nitrogens with one attached hydrogen (secondary N) is 1. The number of fused-ring (bicyclic) bond motifs is 3. The molecule has 3 aromatic carbocycles. The van der Waals surface area contributed by atoms with Gasteiger partial charge in [-0.3, -0.25) is 14.9 Å². The molecule has 10 heteroatoms. The van der Waals surface area contributed by atoms with Gasteiger partial charge in [0.25, 0.3) is 10.9 Å². The summed E-state index contributed by atoms with van der Waals surface area (Å²) in [5, 5.41) is 24.6. The largest absolute Gasteiger partial charge is 0.416 e. The molecule has 0 fully saturated rings. The second-order valence-corrected chi connectivity index (χ2v) is 8.94. The van der Waals surface area contributed by atoms with Crippen molar-refractivity contribution in [2.45, 2.75) is 25.1 Å². The maximum Gasteiger partial charge on any atom is 0.293 e. The van der Waals surface area contributed by atoms with Gasteiger partial charge in [0.05, 0.1) is 10.7 Å². The monoisotopic (exact) mass is 487 g/mol. The van der Waals surface area contributed by atoms with Crippen molar-refractivity contribution in [3.05, 3.63) is 88.3 Å². The Labute approximate surface area is 204 Å². The number of carbonyl (C=O) groups excluding carboxylic acids is 1. The van der Waals surface area contributed by atoms with E-state index < -0.39 is 10.8 Å². The fraction of sp³-hybridized carbons (Fsp3) is 0.160. The highest BCUT2D eigenvalue weighted by atomic mass is 32.2. The molecule has 0 unspecified atom stereocenters. The third kappa shape index (κ3) is 4.73. The van der Waals surface area contributed by atoms with Gasteiger partial charge in [0.15, 0.2) is 0 Å². The molecule has 0 bridgehead atoms. The van der Waals surface area contributed by atoms with Crippen LogP contribution in [0.25, 0.3) is 21.8 Å². The van der Waals surface area contributed by atoms with Gasteiger partial charge >= 0.3 is 0 Å². The van der Waals surface area contributed by atoms with Crippen molar-refractivity contribution in [3.8, 4) is 0 Å². The maximum atomic E-state index is 12.3. The number of carbonyl (C=O) groups is 1. The summed E-state index contributed by atoms with van der Waals surface area (Å²) in [6.07, 6.45) is 0.540. The van der Waals surface area contributed by atoms with E-state index in [9.17, 15) is 14.9 Å². The van der Waals surface area contributed by atoms with Gasteiger partial charge in [0.1, 0.15) is 5.69 Å². The van der Waals surface area contributed by atoms with Gasteiger partial charge in [-0.15, -0.1) is 10.2 Å². The van der Waals surface area contributed by atoms with E-state index in [0.29, 0.717) is 18.9 Å². The van der Waals surface area contributed by atoms with E-state index in [1.165, 1.54) is 22.9 Å². The first-order valence-electron chi connectivity index (χ1n) is 11.0. The topological polar surface area (TPSA) is 116 Å². The Morgan fingerprint density at radius 3 is 2.43 bits per heavy atom. The average molecular weight is 488 g/mol. The summed E-state index contributed by atoms with van der Waals surface area (Å²) in [7, 11) is 0. The highest BCUT2D eigenvalue weighted by Gasteiger charge is 2.17. The van der Waals surface area contributed by atoms with Crippen LogP contribution in [0.4, 0.5) is 11.4 Å². The molecule has 1 amide bonds. The number of aromatic nitrogens is 3. The van der Waals surface area contributed by atoms with Crippen LogP contribution in [0.1, 0.15) is 11.5 Å². The Balaban J connectivity index is 1.22. The molecular formula is C25H21N5O4S. The summed E-state index contributed by atoms with van der Waals surface area (Å²) >= 11 is 1.09. The standard InChI is InChI=1S/C25H21N5O4S/c1-16-10-11-19(22(14-16)30(32)33)26-23(31)15-35-25-28-27-24(34-25)12-13-29-20-8-4-2-6-17(20)18-7-3-5-9-21(18)29/h2-11,14H,12-13,15H2,1H3,(H,26,31). The van der Waals surface area contributed by atoms with Crippen molar-refractivity contribution in [2.75, 3.05) is 11.1 Å². The van der Waals surface area contributed by atoms with Crippen LogP contribution in [0.5, 0.6) is 0 Å². The summed E-state index contributed by atoms with van der Waals surface area (Å²) in [4.78, 5) is 23.1. The van der Waals surface area contributed by atoms with Crippen LogP contribution in [0.15, 0.2) is 76.4 Å². The molecule has 9 nitrogen and oxygen atoms in total. The van der Waals surface area contributed by atoms with Gasteiger partial charge in [-0.1, -0.05) is 54.2 Å². The molecule has 0 saturated carbocycles. The minimum atomic E-state index is -0.517. The van der Waals surface area contributed by atoms with Crippen LogP contribution in [-0.4, -0.2) is 31.3 Å². The molecule has 2 aromatic heterocycles. The molecule has 5 aromatic rings. The van der Waals surface area contributed by atoms with Gasteiger partial charge in [0, 0.05) is 40.8 Å². The van der Waals surface area contributed by atoms with E-state index in [-0.39, 0.29) is 22.4 Å². The molecule has 1 N–H and O–H groups in total. The molecule has 2 heterocycles. The zero-order valence-corrected chi connectivity index (χ0v) is 19.6. The van der Waals surface area contributed by atoms with Crippen LogP contribution in [-0.2, 0) is 17.8 Å². The summed E-state index contributed by atoms with van der Waals surface area (Å²) < 4.78 is 7.96. The lowest BCUT2D eigenvalue weighted by Gasteiger charge is -2.06. The summed E-state index contributed by atoms with van der Waals surface area (Å²) in [6, 6.07) is 21.2. The van der Waals surface area contributed by atoms with Crippen LogP contribution >= 0.6 is 11.8 Å². The molecule has 5 rings (SSSR count). The third-order valence-electron chi connectivity index (χ3n) is 5.63. The van der Waals surface area contributed by atoms with E-state index >= 15 is 0 Å². The number of benzene rings is 3. The lowest BCUT2D eigenvalue weighted by Crippen LogP contribution is -2.15. The first-order chi connectivity index (χ1) is 17.0. The highest BCUT2D eigenvalue weighted by molar-refractivity contribution is 7.99. The second-order valence-electron chi connectivity index (χ2n) is 8.01. The van der Waals surface area contributed by atoms with E-state index in [2.05, 4.69) is 44.3 Å². The van der Waals surface area contributed by atoms with Crippen LogP contribution in [0.2, 0.25) is 0 Å². The van der Waals surface area contributed by atoms with Crippen molar-refractivity contribution in [1.29, 1.82) is 0 Å². The van der Waals surface area contributed by atoms with Gasteiger partial charge in [-0.25, -0.2) is 0 Å². The van der Waals surface area contributed by atoms with Gasteiger partial charge < -0.3 is 14.3 Å². The summed E-state index contributed by atoms with van der Waals surface area (Å²) in [5.74, 6) is 0.0652. The molecule has 0 aliphatic heterocycles. The quantitative estimate of drug-likeness (QED) is 0.178. The minimum absolute atomic E-state index is 0.0143. The summed E-state index contributed by atoms with van der Waals surface area (Å²) in [5.41, 5.74) is 3.04. The molecule has 0 radical (unpaired) electrons. The Hall–Kier alpha value is -4.18. The van der Waals surface area contributed by atoms with Crippen molar-refractivity contribution < 1.29 is 14.1 Å². The van der Waals surface area contributed by atoms with E-state index in [1.54, 1.807) is 13.0 Å². The summed E-state index contributed by atoms with van der Waals surface area (Å²) in [6.45, 7) is 2.42. The van der Waals surface area contributed by atoms with E-state index in [4.69, 9.17) is 4.42 Å². The molecule has 35 heavy (non-hydrogen) atoms. The van der Waals surface area contributed by atoms with Crippen molar-refractivity contribution in [3.63, 3.8) is 0 Å². The highest BCUT2D eigenvalue weighted by Crippen LogP contribution is 2.29. The van der Waals surface area contributed by atoms with Crippen molar-refractivity contribution in [2.24, 2.45) is 0 Å². The van der Waals surface area contributed by atoms with E-state index in [1.807, 2.05) is 24.3 Å². The van der Waals surface area contributed by atoms with Gasteiger partial charge in [-0.05, 0) is 30.7 Å². The number of anilines is 1. The van der Waals surface area contributed by atoms with Gasteiger partial charge in [0.2, 0.25) is 11.8 Å². The van der Waals surface area contributed by atoms with E-state index in [0.717, 1.165) is 28.4 Å². The fourth-order valence-corrected chi connectivity index (χ4v) is 4.64. The number of hydrogen-bond acceptors (Lipinski definition) is 7. The molecule has 0 spiro atoms. The fourth-order valence-electron chi connectivity index (χ4n) is 4.06. The third-order valence-corrected chi connectivity index (χ3v) is 6.45. The van der Waals surface area contributed by atoms with Crippen molar-refractivity contribution in [1.82, 2.24) is 14.8 Å². The zero-order chi connectivity index (χ0) is 24.4. The predicted octanol–water partition coefficient (Wildman–Crippen LogP) is 5.37. The number of para-hydroxylation sites is 2. The molecule has 176 valence electrons. The van der Waals surface area contributed by atoms with Crippen LogP contribution in [0.3, 0.4) is 0 Å². The van der Waals surface area contributed by atoms with Crippen molar-refractivity contribution >= 4 is 50.8 Å². The Morgan fingerprint density at radius 1 is 1.06 bits per heavy atom. The number of nitro benzene ring substituents is 1. The maximum absolute atomic E-state index is 12.3.